The Morgan fingerprint density at radius 2 is 2.26 bits per heavy atom. The van der Waals surface area contributed by atoms with Crippen LogP contribution in [0.5, 0.6) is 5.75 Å². The van der Waals surface area contributed by atoms with Crippen LogP contribution in [0.15, 0.2) is 35.7 Å². The van der Waals surface area contributed by atoms with Gasteiger partial charge in [-0.2, -0.15) is 0 Å². The van der Waals surface area contributed by atoms with Crippen molar-refractivity contribution in [3.63, 3.8) is 0 Å². The van der Waals surface area contributed by atoms with Gasteiger partial charge >= 0.3 is 0 Å². The Bertz CT molecular complexity index is 968. The van der Waals surface area contributed by atoms with Crippen molar-refractivity contribution < 1.29 is 14.3 Å². The maximum atomic E-state index is 12.8. The average Bonchev–Trinajstić information content (AvgIpc) is 3.40. The number of hydrogen-bond acceptors (Lipinski definition) is 6. The topological polar surface area (TPSA) is 71.5 Å². The first-order valence-corrected chi connectivity index (χ1v) is 10.5. The molecule has 0 saturated carbocycles. The Hall–Kier alpha value is -2.45. The maximum Gasteiger partial charge on any atom is 0.264 e. The summed E-state index contributed by atoms with van der Waals surface area (Å²) < 4.78 is 6.46. The molecule has 2 aromatic heterocycles. The number of likely N-dealkylation sites (tertiary alicyclic amines) is 1. The summed E-state index contributed by atoms with van der Waals surface area (Å²) in [6, 6.07) is 8.87. The lowest BCUT2D eigenvalue weighted by molar-refractivity contribution is -0.119. The number of ether oxygens (including phenoxy) is 1. The van der Waals surface area contributed by atoms with Gasteiger partial charge in [-0.25, -0.2) is 4.98 Å². The van der Waals surface area contributed by atoms with Crippen molar-refractivity contribution in [1.29, 1.82) is 0 Å². The molecule has 1 aromatic carbocycles. The first-order chi connectivity index (χ1) is 13.2. The molecule has 27 heavy (non-hydrogen) atoms. The molecule has 1 saturated heterocycles. The fourth-order valence-corrected chi connectivity index (χ4v) is 4.80. The molecular formula is C19H19N3O3S2. The molecule has 1 atom stereocenters. The molecule has 2 amide bonds. The highest BCUT2D eigenvalue weighted by Gasteiger charge is 2.35. The van der Waals surface area contributed by atoms with Crippen LogP contribution in [0.3, 0.4) is 0 Å². The number of thiazole rings is 1. The lowest BCUT2D eigenvalue weighted by Gasteiger charge is -2.22. The second-order valence-electron chi connectivity index (χ2n) is 6.20. The molecule has 0 unspecified atom stereocenters. The summed E-state index contributed by atoms with van der Waals surface area (Å²) in [7, 11) is 0. The summed E-state index contributed by atoms with van der Waals surface area (Å²) in [5.41, 5.74) is 0.816. The van der Waals surface area contributed by atoms with E-state index in [1.807, 2.05) is 36.6 Å². The molecule has 1 N–H and O–H groups in total. The summed E-state index contributed by atoms with van der Waals surface area (Å²) in [6.07, 6.45) is 1.50. The van der Waals surface area contributed by atoms with Crippen LogP contribution in [0.4, 0.5) is 5.13 Å². The predicted octanol–water partition coefficient (Wildman–Crippen LogP) is 4.00. The zero-order valence-corrected chi connectivity index (χ0v) is 16.4. The average molecular weight is 402 g/mol. The van der Waals surface area contributed by atoms with Gasteiger partial charge in [-0.15, -0.1) is 11.3 Å². The lowest BCUT2D eigenvalue weighted by Crippen LogP contribution is -2.42. The smallest absolute Gasteiger partial charge is 0.264 e. The van der Waals surface area contributed by atoms with Gasteiger partial charge in [-0.3, -0.25) is 9.59 Å². The maximum absolute atomic E-state index is 12.8. The fraction of sp³-hybridized carbons (Fsp3) is 0.316. The van der Waals surface area contributed by atoms with Gasteiger partial charge in [0.15, 0.2) is 5.13 Å². The van der Waals surface area contributed by atoms with E-state index in [0.29, 0.717) is 29.6 Å². The van der Waals surface area contributed by atoms with Crippen molar-refractivity contribution in [2.75, 3.05) is 18.5 Å². The molecule has 3 aromatic rings. The van der Waals surface area contributed by atoms with Crippen LogP contribution in [0.2, 0.25) is 0 Å². The molecule has 3 heterocycles. The summed E-state index contributed by atoms with van der Waals surface area (Å²) in [5.74, 6) is 0.532. The monoisotopic (exact) mass is 401 g/mol. The standard InChI is InChI=1S/C19H19N3O3S2/c1-2-25-12-7-8-13-16(11-12)27-19(20-13)21-17(23)14-5-3-9-22(14)18(24)15-6-4-10-26-15/h4,6-8,10-11,14H,2-3,5,9H2,1H3,(H,20,21,23)/t14-/m0/s1. The van der Waals surface area contributed by atoms with Crippen molar-refractivity contribution in [1.82, 2.24) is 9.88 Å². The van der Waals surface area contributed by atoms with Crippen molar-refractivity contribution in [2.45, 2.75) is 25.8 Å². The van der Waals surface area contributed by atoms with E-state index in [2.05, 4.69) is 10.3 Å². The van der Waals surface area contributed by atoms with E-state index in [1.54, 1.807) is 11.0 Å². The van der Waals surface area contributed by atoms with E-state index in [4.69, 9.17) is 4.74 Å². The minimum atomic E-state index is -0.453. The van der Waals surface area contributed by atoms with Gasteiger partial charge in [0.05, 0.1) is 21.7 Å². The van der Waals surface area contributed by atoms with Crippen LogP contribution in [-0.2, 0) is 4.79 Å². The van der Waals surface area contributed by atoms with Gasteiger partial charge in [-0.05, 0) is 49.4 Å². The van der Waals surface area contributed by atoms with E-state index in [9.17, 15) is 9.59 Å². The molecule has 4 rings (SSSR count). The minimum absolute atomic E-state index is 0.0756. The number of thiophene rings is 1. The third-order valence-electron chi connectivity index (χ3n) is 4.45. The van der Waals surface area contributed by atoms with E-state index < -0.39 is 6.04 Å². The van der Waals surface area contributed by atoms with Crippen LogP contribution in [0.25, 0.3) is 10.2 Å². The molecule has 0 radical (unpaired) electrons. The largest absolute Gasteiger partial charge is 0.494 e. The molecular weight excluding hydrogens is 382 g/mol. The normalized spacial score (nSPS) is 16.6. The second-order valence-corrected chi connectivity index (χ2v) is 8.18. The summed E-state index contributed by atoms with van der Waals surface area (Å²) >= 11 is 2.81. The van der Waals surface area contributed by atoms with Crippen molar-refractivity contribution >= 4 is 49.8 Å². The van der Waals surface area contributed by atoms with E-state index in [0.717, 1.165) is 22.4 Å². The molecule has 1 aliphatic rings. The molecule has 0 bridgehead atoms. The third kappa shape index (κ3) is 3.68. The van der Waals surface area contributed by atoms with Crippen LogP contribution in [0.1, 0.15) is 29.4 Å². The number of carbonyl (C=O) groups excluding carboxylic acids is 2. The Morgan fingerprint density at radius 3 is 3.04 bits per heavy atom. The Balaban J connectivity index is 1.49. The zero-order chi connectivity index (χ0) is 18.8. The molecule has 8 heteroatoms. The fourth-order valence-electron chi connectivity index (χ4n) is 3.23. The SMILES string of the molecule is CCOc1ccc2nc(NC(=O)[C@@H]3CCCN3C(=O)c3cccs3)sc2c1. The molecule has 6 nitrogen and oxygen atoms in total. The number of anilines is 1. The van der Waals surface area contributed by atoms with Crippen molar-refractivity contribution in [3.8, 4) is 5.75 Å². The second kappa shape index (κ2) is 7.66. The quantitative estimate of drug-likeness (QED) is 0.701. The highest BCUT2D eigenvalue weighted by Crippen LogP contribution is 2.30. The van der Waals surface area contributed by atoms with Crippen molar-refractivity contribution in [3.05, 3.63) is 40.6 Å². The minimum Gasteiger partial charge on any atom is -0.494 e. The van der Waals surface area contributed by atoms with Gasteiger partial charge < -0.3 is 15.0 Å². The summed E-state index contributed by atoms with van der Waals surface area (Å²) in [6.45, 7) is 3.14. The first-order valence-electron chi connectivity index (χ1n) is 8.84. The zero-order valence-electron chi connectivity index (χ0n) is 14.8. The van der Waals surface area contributed by atoms with Crippen LogP contribution < -0.4 is 10.1 Å². The summed E-state index contributed by atoms with van der Waals surface area (Å²) in [4.78, 5) is 32.2. The number of amides is 2. The van der Waals surface area contributed by atoms with Crippen LogP contribution in [0, 0.1) is 0 Å². The predicted molar refractivity (Wildman–Crippen MR) is 108 cm³/mol. The lowest BCUT2D eigenvalue weighted by atomic mass is 10.2. The number of nitrogens with one attached hydrogen (secondary N) is 1. The number of nitrogens with zero attached hydrogens (tertiary/aromatic N) is 2. The molecule has 1 aliphatic heterocycles. The molecule has 1 fully saturated rings. The number of hydrogen-bond donors (Lipinski definition) is 1. The first kappa shape index (κ1) is 17.9. The molecule has 140 valence electrons. The highest BCUT2D eigenvalue weighted by molar-refractivity contribution is 7.22. The number of aromatic nitrogens is 1. The van der Waals surface area contributed by atoms with Crippen molar-refractivity contribution in [2.24, 2.45) is 0 Å². The van der Waals surface area contributed by atoms with E-state index >= 15 is 0 Å². The number of rotatable bonds is 5. The number of fused-ring (bicyclic) bond motifs is 1. The van der Waals surface area contributed by atoms with Gasteiger partial charge in [0, 0.05) is 6.54 Å². The van der Waals surface area contributed by atoms with Crippen LogP contribution >= 0.6 is 22.7 Å². The highest BCUT2D eigenvalue weighted by atomic mass is 32.1. The van der Waals surface area contributed by atoms with E-state index in [-0.39, 0.29) is 11.8 Å². The number of benzene rings is 1. The Kier molecular flexibility index (Phi) is 5.09. The van der Waals surface area contributed by atoms with E-state index in [1.165, 1.54) is 22.7 Å². The molecule has 0 aliphatic carbocycles. The van der Waals surface area contributed by atoms with Gasteiger partial charge in [0.25, 0.3) is 5.91 Å². The molecule has 0 spiro atoms. The third-order valence-corrected chi connectivity index (χ3v) is 6.24. The Labute approximate surface area is 164 Å². The van der Waals surface area contributed by atoms with Crippen LogP contribution in [-0.4, -0.2) is 40.9 Å². The van der Waals surface area contributed by atoms with Gasteiger partial charge in [-0.1, -0.05) is 17.4 Å². The van der Waals surface area contributed by atoms with Gasteiger partial charge in [0.2, 0.25) is 5.91 Å². The number of carbonyl (C=O) groups is 2. The van der Waals surface area contributed by atoms with Gasteiger partial charge in [0.1, 0.15) is 11.8 Å². The summed E-state index contributed by atoms with van der Waals surface area (Å²) in [5, 5.41) is 5.30. The Morgan fingerprint density at radius 1 is 1.37 bits per heavy atom.